The van der Waals surface area contributed by atoms with Crippen molar-refractivity contribution in [3.63, 3.8) is 0 Å². The van der Waals surface area contributed by atoms with Gasteiger partial charge >= 0.3 is 0 Å². The molecular weight excluding hydrogens is 331 g/mol. The molecule has 1 saturated carbocycles. The molecule has 3 rings (SSSR count). The Morgan fingerprint density at radius 1 is 1.38 bits per heavy atom. The first-order chi connectivity index (χ1) is 12.5. The summed E-state index contributed by atoms with van der Waals surface area (Å²) in [5.41, 5.74) is 1.76. The second kappa shape index (κ2) is 8.14. The third-order valence-corrected chi connectivity index (χ3v) is 5.28. The van der Waals surface area contributed by atoms with Crippen molar-refractivity contribution in [1.29, 1.82) is 0 Å². The SMILES string of the molecule is CC(C)Cn1c(CC2(CC(=O)NCCF)CCCC2)nc2cccnc21. The van der Waals surface area contributed by atoms with Crippen LogP contribution < -0.4 is 5.32 Å². The summed E-state index contributed by atoms with van der Waals surface area (Å²) in [5.74, 6) is 1.46. The summed E-state index contributed by atoms with van der Waals surface area (Å²) in [5, 5.41) is 2.69. The van der Waals surface area contributed by atoms with Crippen LogP contribution >= 0.6 is 0 Å². The van der Waals surface area contributed by atoms with Crippen molar-refractivity contribution in [3.8, 4) is 0 Å². The molecule has 5 nitrogen and oxygen atoms in total. The number of pyridine rings is 1. The molecule has 1 aliphatic rings. The number of nitrogens with one attached hydrogen (secondary N) is 1. The van der Waals surface area contributed by atoms with Gasteiger partial charge in [-0.15, -0.1) is 0 Å². The largest absolute Gasteiger partial charge is 0.353 e. The van der Waals surface area contributed by atoms with Gasteiger partial charge in [0.25, 0.3) is 0 Å². The van der Waals surface area contributed by atoms with Gasteiger partial charge < -0.3 is 9.88 Å². The van der Waals surface area contributed by atoms with Crippen LogP contribution in [0, 0.1) is 11.3 Å². The fraction of sp³-hybridized carbons (Fsp3) is 0.650. The molecule has 2 aromatic rings. The number of aromatic nitrogens is 3. The van der Waals surface area contributed by atoms with Gasteiger partial charge in [-0.2, -0.15) is 0 Å². The Labute approximate surface area is 154 Å². The molecule has 1 aliphatic carbocycles. The van der Waals surface area contributed by atoms with Crippen LogP contribution in [0.1, 0.15) is 51.8 Å². The van der Waals surface area contributed by atoms with Gasteiger partial charge in [0.15, 0.2) is 5.65 Å². The number of halogens is 1. The molecule has 0 aliphatic heterocycles. The summed E-state index contributed by atoms with van der Waals surface area (Å²) < 4.78 is 14.6. The van der Waals surface area contributed by atoms with Crippen molar-refractivity contribution in [2.24, 2.45) is 11.3 Å². The molecule has 0 atom stereocenters. The quantitative estimate of drug-likeness (QED) is 0.781. The van der Waals surface area contributed by atoms with Crippen molar-refractivity contribution in [3.05, 3.63) is 24.2 Å². The van der Waals surface area contributed by atoms with E-state index < -0.39 is 6.67 Å². The first kappa shape index (κ1) is 18.8. The van der Waals surface area contributed by atoms with Crippen LogP contribution in [-0.4, -0.2) is 33.7 Å². The zero-order valence-corrected chi connectivity index (χ0v) is 15.8. The van der Waals surface area contributed by atoms with Crippen LogP contribution in [0.15, 0.2) is 18.3 Å². The Morgan fingerprint density at radius 2 is 2.15 bits per heavy atom. The minimum Gasteiger partial charge on any atom is -0.353 e. The number of amides is 1. The lowest BCUT2D eigenvalue weighted by Gasteiger charge is -2.28. The van der Waals surface area contributed by atoms with Gasteiger partial charge in [0.2, 0.25) is 5.91 Å². The van der Waals surface area contributed by atoms with Crippen LogP contribution in [0.2, 0.25) is 0 Å². The van der Waals surface area contributed by atoms with Gasteiger partial charge in [0.05, 0.1) is 0 Å². The predicted octanol–water partition coefficient (Wildman–Crippen LogP) is 3.67. The normalized spacial score (nSPS) is 16.5. The van der Waals surface area contributed by atoms with E-state index in [9.17, 15) is 9.18 Å². The van der Waals surface area contributed by atoms with Gasteiger partial charge in [-0.05, 0) is 36.3 Å². The van der Waals surface area contributed by atoms with Gasteiger partial charge in [0, 0.05) is 32.1 Å². The fourth-order valence-corrected chi connectivity index (χ4v) is 4.16. The number of hydrogen-bond donors (Lipinski definition) is 1. The second-order valence-corrected chi connectivity index (χ2v) is 7.98. The molecule has 26 heavy (non-hydrogen) atoms. The average molecular weight is 360 g/mol. The maximum absolute atomic E-state index is 12.4. The topological polar surface area (TPSA) is 59.8 Å². The molecule has 0 aromatic carbocycles. The molecule has 2 heterocycles. The van der Waals surface area contributed by atoms with Crippen LogP contribution in [0.3, 0.4) is 0 Å². The highest BCUT2D eigenvalue weighted by atomic mass is 19.1. The molecule has 6 heteroatoms. The summed E-state index contributed by atoms with van der Waals surface area (Å²) in [6.45, 7) is 4.83. The highest BCUT2D eigenvalue weighted by Crippen LogP contribution is 2.44. The highest BCUT2D eigenvalue weighted by Gasteiger charge is 2.37. The summed E-state index contributed by atoms with van der Waals surface area (Å²) >= 11 is 0. The Hall–Kier alpha value is -1.98. The first-order valence-electron chi connectivity index (χ1n) is 9.66. The number of fused-ring (bicyclic) bond motifs is 1. The minimum absolute atomic E-state index is 0.0470. The Kier molecular flexibility index (Phi) is 5.89. The molecule has 0 spiro atoms. The van der Waals surface area contributed by atoms with Gasteiger partial charge in [-0.1, -0.05) is 26.7 Å². The fourth-order valence-electron chi connectivity index (χ4n) is 4.16. The number of hydrogen-bond acceptors (Lipinski definition) is 3. The van der Waals surface area contributed by atoms with Crippen molar-refractivity contribution in [2.75, 3.05) is 13.2 Å². The molecule has 2 aromatic heterocycles. The molecule has 0 saturated heterocycles. The molecule has 1 N–H and O–H groups in total. The number of rotatable bonds is 8. The zero-order chi connectivity index (χ0) is 18.6. The van der Waals surface area contributed by atoms with Gasteiger partial charge in [0.1, 0.15) is 18.0 Å². The smallest absolute Gasteiger partial charge is 0.220 e. The lowest BCUT2D eigenvalue weighted by Crippen LogP contribution is -2.33. The van der Waals surface area contributed by atoms with E-state index in [2.05, 4.69) is 28.7 Å². The molecular formula is C20H29FN4O. The summed E-state index contributed by atoms with van der Waals surface area (Å²) in [6, 6.07) is 3.91. The number of nitrogens with zero attached hydrogens (tertiary/aromatic N) is 3. The van der Waals surface area contributed by atoms with Crippen LogP contribution in [0.25, 0.3) is 11.2 Å². The van der Waals surface area contributed by atoms with Crippen LogP contribution in [-0.2, 0) is 17.8 Å². The number of carbonyl (C=O) groups excluding carboxylic acids is 1. The van der Waals surface area contributed by atoms with E-state index in [1.807, 2.05) is 12.1 Å². The van der Waals surface area contributed by atoms with E-state index in [1.165, 1.54) is 0 Å². The third-order valence-electron chi connectivity index (χ3n) is 5.28. The van der Waals surface area contributed by atoms with Crippen LogP contribution in [0.4, 0.5) is 4.39 Å². The molecule has 0 radical (unpaired) electrons. The Bertz CT molecular complexity index is 749. The van der Waals surface area contributed by atoms with Crippen molar-refractivity contribution in [2.45, 2.75) is 58.9 Å². The molecule has 1 amide bonds. The number of alkyl halides is 1. The molecule has 142 valence electrons. The first-order valence-corrected chi connectivity index (χ1v) is 9.66. The summed E-state index contributed by atoms with van der Waals surface area (Å²) in [4.78, 5) is 21.7. The number of imidazole rings is 1. The number of carbonyl (C=O) groups is 1. The Morgan fingerprint density at radius 3 is 2.85 bits per heavy atom. The predicted molar refractivity (Wildman–Crippen MR) is 101 cm³/mol. The van der Waals surface area contributed by atoms with E-state index in [-0.39, 0.29) is 17.9 Å². The zero-order valence-electron chi connectivity index (χ0n) is 15.8. The second-order valence-electron chi connectivity index (χ2n) is 7.98. The highest BCUT2D eigenvalue weighted by molar-refractivity contribution is 5.77. The summed E-state index contributed by atoms with van der Waals surface area (Å²) in [6.07, 6.45) is 7.35. The van der Waals surface area contributed by atoms with Crippen molar-refractivity contribution >= 4 is 17.1 Å². The molecule has 0 bridgehead atoms. The summed E-state index contributed by atoms with van der Waals surface area (Å²) in [7, 11) is 0. The van der Waals surface area contributed by atoms with E-state index in [1.54, 1.807) is 6.20 Å². The third kappa shape index (κ3) is 4.22. The standard InChI is InChI=1S/C20H29FN4O/c1-15(2)14-25-17(24-16-6-5-10-23-19(16)25)12-20(7-3-4-8-20)13-18(26)22-11-9-21/h5-6,10,15H,3-4,7-9,11-14H2,1-2H3,(H,22,26). The van der Waals surface area contributed by atoms with Crippen molar-refractivity contribution < 1.29 is 9.18 Å². The average Bonchev–Trinajstić information content (AvgIpc) is 3.18. The monoisotopic (exact) mass is 360 g/mol. The van der Waals surface area contributed by atoms with E-state index in [4.69, 9.17) is 4.98 Å². The molecule has 0 unspecified atom stereocenters. The minimum atomic E-state index is -0.519. The molecule has 1 fully saturated rings. The maximum Gasteiger partial charge on any atom is 0.220 e. The van der Waals surface area contributed by atoms with Gasteiger partial charge in [-0.3, -0.25) is 4.79 Å². The van der Waals surface area contributed by atoms with E-state index in [0.717, 1.165) is 55.6 Å². The van der Waals surface area contributed by atoms with Gasteiger partial charge in [-0.25, -0.2) is 14.4 Å². The van der Waals surface area contributed by atoms with E-state index >= 15 is 0 Å². The van der Waals surface area contributed by atoms with Crippen LogP contribution in [0.5, 0.6) is 0 Å². The Balaban J connectivity index is 1.88. The van der Waals surface area contributed by atoms with Crippen molar-refractivity contribution in [1.82, 2.24) is 19.9 Å². The maximum atomic E-state index is 12.4. The lowest BCUT2D eigenvalue weighted by molar-refractivity contribution is -0.123. The van der Waals surface area contributed by atoms with E-state index in [0.29, 0.717) is 12.3 Å². The lowest BCUT2D eigenvalue weighted by atomic mass is 9.79.